The van der Waals surface area contributed by atoms with Gasteiger partial charge in [0.1, 0.15) is 12.1 Å². The fourth-order valence-electron chi connectivity index (χ4n) is 3.39. The first-order valence-electron chi connectivity index (χ1n) is 7.77. The number of hydrogen-bond acceptors (Lipinski definition) is 2. The Morgan fingerprint density at radius 1 is 1.16 bits per heavy atom. The maximum atomic E-state index is 12.5. The van der Waals surface area contributed by atoms with Crippen LogP contribution in [0.3, 0.4) is 0 Å². The van der Waals surface area contributed by atoms with E-state index in [1.54, 1.807) is 6.92 Å². The van der Waals surface area contributed by atoms with Crippen LogP contribution in [0.4, 0.5) is 0 Å². The summed E-state index contributed by atoms with van der Waals surface area (Å²) < 4.78 is 0. The van der Waals surface area contributed by atoms with E-state index < -0.39 is 0 Å². The number of rotatable bonds is 3. The zero-order chi connectivity index (χ0) is 13.8. The van der Waals surface area contributed by atoms with Crippen molar-refractivity contribution in [2.75, 3.05) is 0 Å². The van der Waals surface area contributed by atoms with Gasteiger partial charge in [0.05, 0.1) is 0 Å². The van der Waals surface area contributed by atoms with Crippen molar-refractivity contribution in [2.24, 2.45) is 0 Å². The number of piperazine rings is 1. The van der Waals surface area contributed by atoms with Crippen LogP contribution in [0, 0.1) is 0 Å². The van der Waals surface area contributed by atoms with Gasteiger partial charge in [-0.05, 0) is 26.2 Å². The zero-order valence-corrected chi connectivity index (χ0v) is 12.2. The highest BCUT2D eigenvalue weighted by molar-refractivity contribution is 5.96. The minimum atomic E-state index is -0.358. The third-order valence-electron chi connectivity index (χ3n) is 4.40. The molecule has 1 N–H and O–H groups in total. The van der Waals surface area contributed by atoms with Crippen LogP contribution in [-0.4, -0.2) is 34.8 Å². The molecule has 2 aliphatic rings. The number of carbonyl (C=O) groups is 2. The largest absolute Gasteiger partial charge is 0.343 e. The minimum absolute atomic E-state index is 0.0400. The van der Waals surface area contributed by atoms with E-state index in [0.717, 1.165) is 25.7 Å². The van der Waals surface area contributed by atoms with Crippen LogP contribution < -0.4 is 5.32 Å². The predicted molar refractivity (Wildman–Crippen MR) is 74.6 cm³/mol. The summed E-state index contributed by atoms with van der Waals surface area (Å²) in [6, 6.07) is -0.319. The topological polar surface area (TPSA) is 49.4 Å². The van der Waals surface area contributed by atoms with Gasteiger partial charge in [0.15, 0.2) is 0 Å². The fraction of sp³-hybridized carbons (Fsp3) is 0.867. The molecule has 0 aromatic heterocycles. The van der Waals surface area contributed by atoms with Crippen molar-refractivity contribution in [3.05, 3.63) is 0 Å². The fourth-order valence-corrected chi connectivity index (χ4v) is 3.39. The average Bonchev–Trinajstić information content (AvgIpc) is 2.65. The lowest BCUT2D eigenvalue weighted by atomic mass is 9.97. The standard InChI is InChI=1S/C15H26N2O2/c1-3-8-13-14(18)16-11(2)15(19)17(13)12-9-6-4-5-7-10-12/h11-13H,3-10H2,1-2H3,(H,16,18). The van der Waals surface area contributed by atoms with Gasteiger partial charge in [0.2, 0.25) is 11.8 Å². The molecule has 4 nitrogen and oxygen atoms in total. The van der Waals surface area contributed by atoms with Gasteiger partial charge >= 0.3 is 0 Å². The summed E-state index contributed by atoms with van der Waals surface area (Å²) in [5.74, 6) is 0.156. The monoisotopic (exact) mass is 266 g/mol. The van der Waals surface area contributed by atoms with Crippen molar-refractivity contribution in [1.29, 1.82) is 0 Å². The lowest BCUT2D eigenvalue weighted by Crippen LogP contribution is -2.64. The molecule has 1 aliphatic carbocycles. The minimum Gasteiger partial charge on any atom is -0.343 e. The molecular weight excluding hydrogens is 240 g/mol. The Kier molecular flexibility index (Phi) is 4.83. The number of nitrogens with one attached hydrogen (secondary N) is 1. The van der Waals surface area contributed by atoms with Crippen LogP contribution in [0.25, 0.3) is 0 Å². The number of amides is 2. The van der Waals surface area contributed by atoms with Gasteiger partial charge < -0.3 is 10.2 Å². The highest BCUT2D eigenvalue weighted by atomic mass is 16.2. The smallest absolute Gasteiger partial charge is 0.245 e. The molecule has 2 atom stereocenters. The highest BCUT2D eigenvalue weighted by Gasteiger charge is 2.41. The summed E-state index contributed by atoms with van der Waals surface area (Å²) in [5.41, 5.74) is 0. The van der Waals surface area contributed by atoms with Gasteiger partial charge in [-0.1, -0.05) is 39.0 Å². The van der Waals surface area contributed by atoms with Crippen molar-refractivity contribution in [1.82, 2.24) is 10.2 Å². The molecule has 1 aliphatic heterocycles. The Balaban J connectivity index is 2.18. The van der Waals surface area contributed by atoms with Crippen molar-refractivity contribution in [3.63, 3.8) is 0 Å². The van der Waals surface area contributed by atoms with Crippen LogP contribution >= 0.6 is 0 Å². The molecule has 2 unspecified atom stereocenters. The Bertz CT molecular complexity index is 335. The molecule has 1 saturated heterocycles. The highest BCUT2D eigenvalue weighted by Crippen LogP contribution is 2.27. The average molecular weight is 266 g/mol. The Morgan fingerprint density at radius 3 is 2.37 bits per heavy atom. The van der Waals surface area contributed by atoms with Crippen molar-refractivity contribution < 1.29 is 9.59 Å². The molecule has 2 fully saturated rings. The molecule has 4 heteroatoms. The molecule has 2 rings (SSSR count). The molecule has 108 valence electrons. The zero-order valence-electron chi connectivity index (χ0n) is 12.2. The van der Waals surface area contributed by atoms with E-state index in [2.05, 4.69) is 12.2 Å². The van der Waals surface area contributed by atoms with E-state index in [1.807, 2.05) is 4.90 Å². The van der Waals surface area contributed by atoms with Crippen molar-refractivity contribution >= 4 is 11.8 Å². The van der Waals surface area contributed by atoms with Crippen LogP contribution in [0.5, 0.6) is 0 Å². The van der Waals surface area contributed by atoms with E-state index in [0.29, 0.717) is 0 Å². The second kappa shape index (κ2) is 6.40. The Hall–Kier alpha value is -1.06. The normalized spacial score (nSPS) is 30.1. The first kappa shape index (κ1) is 14.4. The molecule has 0 spiro atoms. The van der Waals surface area contributed by atoms with Gasteiger partial charge in [-0.15, -0.1) is 0 Å². The number of nitrogens with zero attached hydrogens (tertiary/aromatic N) is 1. The van der Waals surface area contributed by atoms with Gasteiger partial charge in [-0.25, -0.2) is 0 Å². The van der Waals surface area contributed by atoms with Gasteiger partial charge in [-0.3, -0.25) is 9.59 Å². The number of hydrogen-bond donors (Lipinski definition) is 1. The first-order chi connectivity index (χ1) is 9.15. The Morgan fingerprint density at radius 2 is 1.79 bits per heavy atom. The van der Waals surface area contributed by atoms with E-state index in [9.17, 15) is 9.59 Å². The Labute approximate surface area is 115 Å². The summed E-state index contributed by atoms with van der Waals surface area (Å²) >= 11 is 0. The van der Waals surface area contributed by atoms with Crippen LogP contribution in [-0.2, 0) is 9.59 Å². The van der Waals surface area contributed by atoms with E-state index in [1.165, 1.54) is 25.7 Å². The summed E-state index contributed by atoms with van der Waals surface area (Å²) in [6.45, 7) is 3.87. The lowest BCUT2D eigenvalue weighted by Gasteiger charge is -2.42. The van der Waals surface area contributed by atoms with Crippen molar-refractivity contribution in [2.45, 2.75) is 83.3 Å². The molecule has 0 aromatic rings. The summed E-state index contributed by atoms with van der Waals surface area (Å²) in [7, 11) is 0. The second-order valence-corrected chi connectivity index (χ2v) is 5.93. The molecule has 1 saturated carbocycles. The SMILES string of the molecule is CCCC1C(=O)NC(C)C(=O)N1C1CCCCCC1. The van der Waals surface area contributed by atoms with Crippen LogP contribution in [0.15, 0.2) is 0 Å². The van der Waals surface area contributed by atoms with Gasteiger partial charge in [-0.2, -0.15) is 0 Å². The van der Waals surface area contributed by atoms with E-state index >= 15 is 0 Å². The van der Waals surface area contributed by atoms with Crippen molar-refractivity contribution in [3.8, 4) is 0 Å². The predicted octanol–water partition coefficient (Wildman–Crippen LogP) is 2.22. The molecule has 0 aromatic carbocycles. The number of carbonyl (C=O) groups excluding carboxylic acids is 2. The maximum Gasteiger partial charge on any atom is 0.245 e. The third-order valence-corrected chi connectivity index (χ3v) is 4.40. The summed E-state index contributed by atoms with van der Waals surface area (Å²) in [5, 5.41) is 2.82. The van der Waals surface area contributed by atoms with E-state index in [4.69, 9.17) is 0 Å². The van der Waals surface area contributed by atoms with Crippen LogP contribution in [0.1, 0.15) is 65.2 Å². The molecular formula is C15H26N2O2. The van der Waals surface area contributed by atoms with Gasteiger partial charge in [0, 0.05) is 6.04 Å². The molecule has 1 heterocycles. The third kappa shape index (κ3) is 3.10. The lowest BCUT2D eigenvalue weighted by molar-refractivity contribution is -0.152. The second-order valence-electron chi connectivity index (χ2n) is 5.93. The molecule has 2 amide bonds. The maximum absolute atomic E-state index is 12.5. The molecule has 0 bridgehead atoms. The quantitative estimate of drug-likeness (QED) is 0.796. The van der Waals surface area contributed by atoms with E-state index in [-0.39, 0.29) is 29.9 Å². The summed E-state index contributed by atoms with van der Waals surface area (Å²) in [4.78, 5) is 26.6. The molecule has 0 radical (unpaired) electrons. The molecule has 19 heavy (non-hydrogen) atoms. The van der Waals surface area contributed by atoms with Gasteiger partial charge in [0.25, 0.3) is 0 Å². The van der Waals surface area contributed by atoms with Crippen LogP contribution in [0.2, 0.25) is 0 Å². The summed E-state index contributed by atoms with van der Waals surface area (Å²) in [6.07, 6.45) is 8.73. The first-order valence-corrected chi connectivity index (χ1v) is 7.77.